The summed E-state index contributed by atoms with van der Waals surface area (Å²) >= 11 is 5.88. The molecule has 98 valence electrons. The molecular formula is C13H14ClF2NO. The van der Waals surface area contributed by atoms with Crippen LogP contribution in [-0.2, 0) is 0 Å². The first-order valence-electron chi connectivity index (χ1n) is 5.90. The molecule has 1 fully saturated rings. The first-order chi connectivity index (χ1) is 8.58. The molecule has 2 nitrogen and oxygen atoms in total. The zero-order valence-electron chi connectivity index (χ0n) is 9.81. The lowest BCUT2D eigenvalue weighted by Crippen LogP contribution is -2.48. The zero-order chi connectivity index (χ0) is 13.2. The molecule has 0 aliphatic heterocycles. The molecule has 18 heavy (non-hydrogen) atoms. The number of amides is 1. The molecule has 0 bridgehead atoms. The van der Waals surface area contributed by atoms with Gasteiger partial charge in [-0.2, -0.15) is 0 Å². The first-order valence-corrected chi connectivity index (χ1v) is 6.44. The first kappa shape index (κ1) is 13.3. The Morgan fingerprint density at radius 3 is 2.61 bits per heavy atom. The van der Waals surface area contributed by atoms with Gasteiger partial charge in [0.25, 0.3) is 5.91 Å². The lowest BCUT2D eigenvalue weighted by Gasteiger charge is -2.27. The molecule has 0 aromatic heterocycles. The van der Waals surface area contributed by atoms with Crippen molar-refractivity contribution >= 4 is 17.5 Å². The molecule has 0 unspecified atom stereocenters. The monoisotopic (exact) mass is 273 g/mol. The number of carbonyl (C=O) groups excluding carboxylic acids is 1. The molecule has 0 heterocycles. The minimum absolute atomic E-state index is 0.272. The highest BCUT2D eigenvalue weighted by Gasteiger charge is 2.35. The summed E-state index contributed by atoms with van der Waals surface area (Å²) in [6, 6.07) is 3.57. The van der Waals surface area contributed by atoms with Gasteiger partial charge in [0, 0.05) is 5.88 Å². The summed E-state index contributed by atoms with van der Waals surface area (Å²) in [5.74, 6) is -2.45. The molecule has 0 atom stereocenters. The number of hydrogen-bond acceptors (Lipinski definition) is 1. The van der Waals surface area contributed by atoms with Gasteiger partial charge in [0.2, 0.25) is 0 Å². The van der Waals surface area contributed by atoms with Crippen LogP contribution >= 0.6 is 11.6 Å². The predicted octanol–water partition coefficient (Wildman–Crippen LogP) is 3.25. The van der Waals surface area contributed by atoms with Gasteiger partial charge in [-0.25, -0.2) is 8.78 Å². The minimum atomic E-state index is -1.11. The largest absolute Gasteiger partial charge is 0.345 e. The Kier molecular flexibility index (Phi) is 3.85. The van der Waals surface area contributed by atoms with Gasteiger partial charge in [-0.15, -0.1) is 11.6 Å². The van der Waals surface area contributed by atoms with Crippen molar-refractivity contribution in [2.75, 3.05) is 5.88 Å². The molecule has 0 saturated heterocycles. The third-order valence-electron chi connectivity index (χ3n) is 3.39. The summed E-state index contributed by atoms with van der Waals surface area (Å²) in [7, 11) is 0. The van der Waals surface area contributed by atoms with Gasteiger partial charge in [0.1, 0.15) is 0 Å². The van der Waals surface area contributed by atoms with E-state index in [1.165, 1.54) is 12.1 Å². The molecule has 1 saturated carbocycles. The number of halogens is 3. The van der Waals surface area contributed by atoms with Crippen LogP contribution < -0.4 is 5.32 Å². The van der Waals surface area contributed by atoms with Crippen LogP contribution in [0.5, 0.6) is 0 Å². The summed E-state index contributed by atoms with van der Waals surface area (Å²) in [6.07, 6.45) is 3.52. The van der Waals surface area contributed by atoms with E-state index in [-0.39, 0.29) is 11.4 Å². The quantitative estimate of drug-likeness (QED) is 0.842. The summed E-state index contributed by atoms with van der Waals surface area (Å²) in [4.78, 5) is 12.0. The maximum atomic E-state index is 13.5. The van der Waals surface area contributed by atoms with Gasteiger partial charge in [-0.05, 0) is 25.0 Å². The van der Waals surface area contributed by atoms with E-state index in [4.69, 9.17) is 11.6 Å². The van der Waals surface area contributed by atoms with Crippen molar-refractivity contribution in [3.05, 3.63) is 35.4 Å². The van der Waals surface area contributed by atoms with Crippen LogP contribution in [0.15, 0.2) is 18.2 Å². The number of hydrogen-bond donors (Lipinski definition) is 1. The van der Waals surface area contributed by atoms with Crippen molar-refractivity contribution < 1.29 is 13.6 Å². The van der Waals surface area contributed by atoms with Crippen molar-refractivity contribution in [1.82, 2.24) is 5.32 Å². The highest BCUT2D eigenvalue weighted by Crippen LogP contribution is 2.31. The third kappa shape index (κ3) is 2.48. The number of benzene rings is 1. The van der Waals surface area contributed by atoms with Gasteiger partial charge >= 0.3 is 0 Å². The van der Waals surface area contributed by atoms with Gasteiger partial charge in [-0.3, -0.25) is 4.79 Å². The van der Waals surface area contributed by atoms with Crippen molar-refractivity contribution in [1.29, 1.82) is 0 Å². The maximum Gasteiger partial charge on any atom is 0.254 e. The Hall–Kier alpha value is -1.16. The molecule has 1 aliphatic rings. The van der Waals surface area contributed by atoms with Crippen LogP contribution in [-0.4, -0.2) is 17.3 Å². The second-order valence-corrected chi connectivity index (χ2v) is 4.94. The van der Waals surface area contributed by atoms with Gasteiger partial charge in [0.05, 0.1) is 11.1 Å². The summed E-state index contributed by atoms with van der Waals surface area (Å²) in [5.41, 5.74) is -0.747. The highest BCUT2D eigenvalue weighted by molar-refractivity contribution is 6.19. The van der Waals surface area contributed by atoms with Crippen molar-refractivity contribution in [3.63, 3.8) is 0 Å². The fourth-order valence-corrected chi connectivity index (χ4v) is 2.67. The Morgan fingerprint density at radius 1 is 1.33 bits per heavy atom. The SMILES string of the molecule is O=C(NC1(CCl)CCCC1)c1cccc(F)c1F. The van der Waals surface area contributed by atoms with Gasteiger partial charge in [-0.1, -0.05) is 18.9 Å². The Labute approximate surface area is 109 Å². The predicted molar refractivity (Wildman–Crippen MR) is 65.7 cm³/mol. The van der Waals surface area contributed by atoms with E-state index < -0.39 is 23.1 Å². The summed E-state index contributed by atoms with van der Waals surface area (Å²) < 4.78 is 26.5. The molecule has 1 aromatic rings. The van der Waals surface area contributed by atoms with Crippen molar-refractivity contribution in [2.24, 2.45) is 0 Å². The lowest BCUT2D eigenvalue weighted by atomic mass is 9.99. The second-order valence-electron chi connectivity index (χ2n) is 4.68. The molecular weight excluding hydrogens is 260 g/mol. The third-order valence-corrected chi connectivity index (χ3v) is 3.90. The van der Waals surface area contributed by atoms with Crippen LogP contribution in [0, 0.1) is 11.6 Å². The maximum absolute atomic E-state index is 13.5. The molecule has 1 N–H and O–H groups in total. The molecule has 0 radical (unpaired) electrons. The number of rotatable bonds is 3. The molecule has 0 spiro atoms. The van der Waals surface area contributed by atoms with Crippen LogP contribution in [0.3, 0.4) is 0 Å². The standard InChI is InChI=1S/C13H14ClF2NO/c14-8-13(6-1-2-7-13)17-12(18)9-4-3-5-10(15)11(9)16/h3-5H,1-2,6-8H2,(H,17,18). The van der Waals surface area contributed by atoms with E-state index in [0.29, 0.717) is 0 Å². The average Bonchev–Trinajstić information content (AvgIpc) is 2.81. The van der Waals surface area contributed by atoms with E-state index in [1.807, 2.05) is 0 Å². The van der Waals surface area contributed by atoms with E-state index in [0.717, 1.165) is 31.7 Å². The minimum Gasteiger partial charge on any atom is -0.345 e. The number of carbonyl (C=O) groups is 1. The van der Waals surface area contributed by atoms with Gasteiger partial charge in [0.15, 0.2) is 11.6 Å². The van der Waals surface area contributed by atoms with E-state index in [9.17, 15) is 13.6 Å². The van der Waals surface area contributed by atoms with Crippen LogP contribution in [0.4, 0.5) is 8.78 Å². The Balaban J connectivity index is 2.19. The summed E-state index contributed by atoms with van der Waals surface area (Å²) in [5, 5.41) is 2.75. The average molecular weight is 274 g/mol. The molecule has 5 heteroatoms. The van der Waals surface area contributed by atoms with Crippen LogP contribution in [0.2, 0.25) is 0 Å². The summed E-state index contributed by atoms with van der Waals surface area (Å²) in [6.45, 7) is 0. The molecule has 2 rings (SSSR count). The van der Waals surface area contributed by atoms with Crippen molar-refractivity contribution in [2.45, 2.75) is 31.2 Å². The van der Waals surface area contributed by atoms with Gasteiger partial charge < -0.3 is 5.32 Å². The van der Waals surface area contributed by atoms with Crippen LogP contribution in [0.1, 0.15) is 36.0 Å². The fourth-order valence-electron chi connectivity index (χ4n) is 2.33. The topological polar surface area (TPSA) is 29.1 Å². The van der Waals surface area contributed by atoms with Crippen LogP contribution in [0.25, 0.3) is 0 Å². The smallest absolute Gasteiger partial charge is 0.254 e. The molecule has 1 aromatic carbocycles. The number of alkyl halides is 1. The second kappa shape index (κ2) is 5.22. The van der Waals surface area contributed by atoms with Crippen molar-refractivity contribution in [3.8, 4) is 0 Å². The molecule has 1 aliphatic carbocycles. The normalized spacial score (nSPS) is 17.7. The lowest BCUT2D eigenvalue weighted by molar-refractivity contribution is 0.0904. The Morgan fingerprint density at radius 2 is 2.00 bits per heavy atom. The zero-order valence-corrected chi connectivity index (χ0v) is 10.6. The Bertz CT molecular complexity index is 458. The molecule has 1 amide bonds. The highest BCUT2D eigenvalue weighted by atomic mass is 35.5. The van der Waals surface area contributed by atoms with E-state index in [2.05, 4.69) is 5.32 Å². The fraction of sp³-hybridized carbons (Fsp3) is 0.462. The van der Waals surface area contributed by atoms with E-state index >= 15 is 0 Å². The van der Waals surface area contributed by atoms with E-state index in [1.54, 1.807) is 0 Å². The number of nitrogens with one attached hydrogen (secondary N) is 1.